The van der Waals surface area contributed by atoms with Gasteiger partial charge in [-0.25, -0.2) is 9.97 Å². The highest BCUT2D eigenvalue weighted by atomic mass is 32.2. The van der Waals surface area contributed by atoms with E-state index >= 15 is 0 Å². The molecule has 144 valence electrons. The van der Waals surface area contributed by atoms with Gasteiger partial charge in [0.05, 0.1) is 17.6 Å². The summed E-state index contributed by atoms with van der Waals surface area (Å²) in [6, 6.07) is 0. The quantitative estimate of drug-likeness (QED) is 0.371. The van der Waals surface area contributed by atoms with E-state index in [9.17, 15) is 0 Å². The molecule has 1 unspecified atom stereocenters. The van der Waals surface area contributed by atoms with Crippen molar-refractivity contribution < 1.29 is 9.47 Å². The Balaban J connectivity index is 1.97. The summed E-state index contributed by atoms with van der Waals surface area (Å²) in [5, 5.41) is 5.61. The highest BCUT2D eigenvalue weighted by Crippen LogP contribution is 2.42. The van der Waals surface area contributed by atoms with Crippen molar-refractivity contribution in [1.29, 1.82) is 0 Å². The largest absolute Gasteiger partial charge is 0.385 e. The van der Waals surface area contributed by atoms with Gasteiger partial charge in [-0.05, 0) is 31.7 Å². The number of thioether (sulfide) groups is 1. The Kier molecular flexibility index (Phi) is 6.77. The fourth-order valence-corrected chi connectivity index (χ4v) is 4.95. The van der Waals surface area contributed by atoms with Gasteiger partial charge in [0.15, 0.2) is 5.16 Å². The number of nitrogens with zero attached hydrogens (tertiary/aromatic N) is 2. The van der Waals surface area contributed by atoms with Gasteiger partial charge in [0.1, 0.15) is 10.6 Å². The Morgan fingerprint density at radius 3 is 2.92 bits per heavy atom. The molecule has 0 bridgehead atoms. The summed E-state index contributed by atoms with van der Waals surface area (Å²) < 4.78 is 11.3. The third-order valence-electron chi connectivity index (χ3n) is 4.82. The molecule has 0 fully saturated rings. The molecule has 0 spiro atoms. The van der Waals surface area contributed by atoms with E-state index in [1.54, 1.807) is 30.2 Å². The molecule has 2 aromatic heterocycles. The maximum atomic E-state index is 6.14. The molecular formula is C19H29N3O2S2. The number of nitrogens with one attached hydrogen (secondary N) is 1. The summed E-state index contributed by atoms with van der Waals surface area (Å²) in [7, 11) is 1.74. The third kappa shape index (κ3) is 4.32. The fraction of sp³-hybridized carbons (Fsp3) is 0.684. The van der Waals surface area contributed by atoms with Crippen LogP contribution in [0.3, 0.4) is 0 Å². The minimum Gasteiger partial charge on any atom is -0.385 e. The number of ether oxygens (including phenoxy) is 2. The number of hydrogen-bond acceptors (Lipinski definition) is 7. The van der Waals surface area contributed by atoms with E-state index in [1.165, 1.54) is 15.8 Å². The van der Waals surface area contributed by atoms with Crippen LogP contribution in [-0.4, -0.2) is 41.6 Å². The fourth-order valence-electron chi connectivity index (χ4n) is 3.09. The first-order valence-corrected chi connectivity index (χ1v) is 11.2. The molecule has 1 N–H and O–H groups in total. The molecule has 0 aliphatic carbocycles. The molecule has 1 aliphatic rings. The molecular weight excluding hydrogens is 366 g/mol. The Bertz CT molecular complexity index is 750. The Morgan fingerprint density at radius 1 is 1.35 bits per heavy atom. The zero-order chi connectivity index (χ0) is 18.6. The van der Waals surface area contributed by atoms with Gasteiger partial charge >= 0.3 is 0 Å². The molecule has 0 radical (unpaired) electrons. The predicted octanol–water partition coefficient (Wildman–Crippen LogP) is 4.88. The summed E-state index contributed by atoms with van der Waals surface area (Å²) in [5.74, 6) is 2.01. The number of anilines is 1. The van der Waals surface area contributed by atoms with Crippen LogP contribution >= 0.6 is 23.1 Å². The van der Waals surface area contributed by atoms with Crippen molar-refractivity contribution >= 4 is 39.1 Å². The van der Waals surface area contributed by atoms with Gasteiger partial charge in [0.2, 0.25) is 0 Å². The molecule has 0 saturated heterocycles. The molecule has 1 aliphatic heterocycles. The zero-order valence-electron chi connectivity index (χ0n) is 16.2. The molecule has 0 amide bonds. The minimum atomic E-state index is -0.0933. The van der Waals surface area contributed by atoms with Gasteiger partial charge in [0, 0.05) is 37.3 Å². The van der Waals surface area contributed by atoms with Crippen molar-refractivity contribution in [2.75, 3.05) is 31.3 Å². The molecule has 1 atom stereocenters. The Labute approximate surface area is 164 Å². The number of thiophene rings is 1. The molecule has 3 heterocycles. The van der Waals surface area contributed by atoms with E-state index in [0.29, 0.717) is 6.61 Å². The van der Waals surface area contributed by atoms with Crippen molar-refractivity contribution in [3.8, 4) is 0 Å². The van der Waals surface area contributed by atoms with Crippen LogP contribution in [0.15, 0.2) is 5.16 Å². The maximum absolute atomic E-state index is 6.14. The molecule has 2 aromatic rings. The van der Waals surface area contributed by atoms with E-state index in [0.717, 1.165) is 60.4 Å². The lowest BCUT2D eigenvalue weighted by atomic mass is 9.90. The maximum Gasteiger partial charge on any atom is 0.190 e. The van der Waals surface area contributed by atoms with E-state index in [2.05, 4.69) is 26.1 Å². The summed E-state index contributed by atoms with van der Waals surface area (Å²) in [5.41, 5.74) is 1.28. The Hall–Kier alpha value is -0.890. The van der Waals surface area contributed by atoms with E-state index in [-0.39, 0.29) is 5.60 Å². The van der Waals surface area contributed by atoms with Gasteiger partial charge in [0.25, 0.3) is 0 Å². The predicted molar refractivity (Wildman–Crippen MR) is 111 cm³/mol. The SMILES string of the molecule is CCCSc1nc(NCCCOC)c2c3c(sc2n1)COC(C)(CC)C3. The van der Waals surface area contributed by atoms with Crippen molar-refractivity contribution in [1.82, 2.24) is 9.97 Å². The average molecular weight is 396 g/mol. The molecule has 3 rings (SSSR count). The highest BCUT2D eigenvalue weighted by molar-refractivity contribution is 7.99. The number of methoxy groups -OCH3 is 1. The standard InChI is InChI=1S/C19H29N3O2S2/c1-5-10-25-18-21-16(20-8-7-9-23-4)15-13-11-19(3,6-2)24-12-14(13)26-17(15)22-18/h5-12H2,1-4H3,(H,20,21,22). The number of aromatic nitrogens is 2. The molecule has 26 heavy (non-hydrogen) atoms. The van der Waals surface area contributed by atoms with E-state index in [1.807, 2.05) is 0 Å². The number of hydrogen-bond donors (Lipinski definition) is 1. The normalized spacial score (nSPS) is 19.7. The van der Waals surface area contributed by atoms with Crippen molar-refractivity contribution in [3.05, 3.63) is 10.4 Å². The lowest BCUT2D eigenvalue weighted by Crippen LogP contribution is -2.34. The van der Waals surface area contributed by atoms with Crippen LogP contribution in [0.5, 0.6) is 0 Å². The van der Waals surface area contributed by atoms with Crippen LogP contribution in [0.1, 0.15) is 50.5 Å². The van der Waals surface area contributed by atoms with Crippen LogP contribution in [0.4, 0.5) is 5.82 Å². The summed E-state index contributed by atoms with van der Waals surface area (Å²) in [6.07, 6.45) is 4.01. The summed E-state index contributed by atoms with van der Waals surface area (Å²) >= 11 is 3.49. The van der Waals surface area contributed by atoms with Crippen molar-refractivity contribution in [2.45, 2.75) is 63.8 Å². The van der Waals surface area contributed by atoms with Crippen molar-refractivity contribution in [3.63, 3.8) is 0 Å². The first kappa shape index (κ1) is 19.9. The van der Waals surface area contributed by atoms with Crippen LogP contribution in [0.25, 0.3) is 10.2 Å². The number of fused-ring (bicyclic) bond motifs is 3. The van der Waals surface area contributed by atoms with Gasteiger partial charge in [-0.15, -0.1) is 11.3 Å². The summed E-state index contributed by atoms with van der Waals surface area (Å²) in [6.45, 7) is 8.87. The third-order valence-corrected chi connectivity index (χ3v) is 6.97. The first-order valence-electron chi connectivity index (χ1n) is 9.42. The molecule has 5 nitrogen and oxygen atoms in total. The molecule has 0 aromatic carbocycles. The van der Waals surface area contributed by atoms with Gasteiger partial charge in [-0.1, -0.05) is 25.6 Å². The van der Waals surface area contributed by atoms with E-state index < -0.39 is 0 Å². The number of rotatable bonds is 9. The summed E-state index contributed by atoms with van der Waals surface area (Å²) in [4.78, 5) is 12.1. The Morgan fingerprint density at radius 2 is 2.19 bits per heavy atom. The zero-order valence-corrected chi connectivity index (χ0v) is 17.8. The van der Waals surface area contributed by atoms with Gasteiger partial charge in [-0.2, -0.15) is 0 Å². The second kappa shape index (κ2) is 8.87. The smallest absolute Gasteiger partial charge is 0.190 e. The first-order chi connectivity index (χ1) is 12.6. The van der Waals surface area contributed by atoms with Gasteiger partial charge in [-0.3, -0.25) is 0 Å². The average Bonchev–Trinajstić information content (AvgIpc) is 3.01. The van der Waals surface area contributed by atoms with Crippen LogP contribution in [0, 0.1) is 0 Å². The molecule has 0 saturated carbocycles. The lowest BCUT2D eigenvalue weighted by molar-refractivity contribution is -0.0542. The van der Waals surface area contributed by atoms with E-state index in [4.69, 9.17) is 19.4 Å². The van der Waals surface area contributed by atoms with Crippen LogP contribution in [-0.2, 0) is 22.5 Å². The minimum absolute atomic E-state index is 0.0933. The lowest BCUT2D eigenvalue weighted by Gasteiger charge is -2.33. The van der Waals surface area contributed by atoms with Crippen LogP contribution < -0.4 is 5.32 Å². The molecule has 7 heteroatoms. The van der Waals surface area contributed by atoms with Crippen LogP contribution in [0.2, 0.25) is 0 Å². The monoisotopic (exact) mass is 395 g/mol. The van der Waals surface area contributed by atoms with Gasteiger partial charge < -0.3 is 14.8 Å². The highest BCUT2D eigenvalue weighted by Gasteiger charge is 2.33. The second-order valence-electron chi connectivity index (χ2n) is 6.93. The van der Waals surface area contributed by atoms with Crippen molar-refractivity contribution in [2.24, 2.45) is 0 Å². The topological polar surface area (TPSA) is 56.3 Å². The second-order valence-corrected chi connectivity index (χ2v) is 9.07.